The molecule has 0 fully saturated rings. The van der Waals surface area contributed by atoms with Gasteiger partial charge in [-0.3, -0.25) is 9.78 Å². The van der Waals surface area contributed by atoms with Crippen molar-refractivity contribution >= 4 is 22.9 Å². The van der Waals surface area contributed by atoms with E-state index in [0.29, 0.717) is 0 Å². The fraction of sp³-hybridized carbons (Fsp3) is 0.111. The summed E-state index contributed by atoms with van der Waals surface area (Å²) >= 11 is 1.55. The Bertz CT molecular complexity index is 812. The van der Waals surface area contributed by atoms with Crippen LogP contribution in [0.3, 0.4) is 0 Å². The molecule has 4 rings (SSSR count). The average molecular weight is 306 g/mol. The molecule has 0 saturated heterocycles. The Balaban J connectivity index is 1.68. The first-order valence-electron chi connectivity index (χ1n) is 7.20. The highest BCUT2D eigenvalue weighted by atomic mass is 32.1. The molecule has 0 N–H and O–H groups in total. The van der Waals surface area contributed by atoms with Crippen molar-refractivity contribution in [1.29, 1.82) is 0 Å². The number of carbonyl (C=O) groups is 1. The van der Waals surface area contributed by atoms with E-state index in [1.807, 2.05) is 33.9 Å². The summed E-state index contributed by atoms with van der Waals surface area (Å²) in [6.07, 6.45) is 4.51. The second kappa shape index (κ2) is 5.39. The SMILES string of the molecule is O=C(c1ccsc1)N1CCc2cc(-c3ccncc3)ccc21. The fourth-order valence-corrected chi connectivity index (χ4v) is 3.51. The van der Waals surface area contributed by atoms with E-state index in [9.17, 15) is 4.79 Å². The number of carbonyl (C=O) groups excluding carboxylic acids is 1. The molecule has 0 aliphatic carbocycles. The molecule has 4 heteroatoms. The van der Waals surface area contributed by atoms with Crippen LogP contribution < -0.4 is 4.90 Å². The van der Waals surface area contributed by atoms with Gasteiger partial charge in [0.1, 0.15) is 0 Å². The molecule has 22 heavy (non-hydrogen) atoms. The van der Waals surface area contributed by atoms with Gasteiger partial charge >= 0.3 is 0 Å². The first kappa shape index (κ1) is 13.2. The van der Waals surface area contributed by atoms with Crippen molar-refractivity contribution in [1.82, 2.24) is 4.98 Å². The number of amides is 1. The molecule has 3 nitrogen and oxygen atoms in total. The zero-order valence-electron chi connectivity index (χ0n) is 11.9. The van der Waals surface area contributed by atoms with Crippen molar-refractivity contribution in [2.75, 3.05) is 11.4 Å². The monoisotopic (exact) mass is 306 g/mol. The summed E-state index contributed by atoms with van der Waals surface area (Å²) in [6.45, 7) is 0.754. The number of thiophene rings is 1. The van der Waals surface area contributed by atoms with Gasteiger partial charge in [0, 0.05) is 30.0 Å². The van der Waals surface area contributed by atoms with Crippen LogP contribution in [-0.2, 0) is 6.42 Å². The van der Waals surface area contributed by atoms with Gasteiger partial charge in [0.15, 0.2) is 0 Å². The molecule has 1 aliphatic heterocycles. The number of hydrogen-bond donors (Lipinski definition) is 0. The number of fused-ring (bicyclic) bond motifs is 1. The molecule has 1 aliphatic rings. The molecule has 3 heterocycles. The molecule has 0 radical (unpaired) electrons. The third kappa shape index (κ3) is 2.22. The normalized spacial score (nSPS) is 13.2. The smallest absolute Gasteiger partial charge is 0.259 e. The Labute approximate surface area is 132 Å². The highest BCUT2D eigenvalue weighted by molar-refractivity contribution is 7.08. The van der Waals surface area contributed by atoms with Crippen molar-refractivity contribution in [2.45, 2.75) is 6.42 Å². The Kier molecular flexibility index (Phi) is 3.24. The minimum atomic E-state index is 0.0941. The van der Waals surface area contributed by atoms with Gasteiger partial charge in [-0.25, -0.2) is 0 Å². The number of rotatable bonds is 2. The summed E-state index contributed by atoms with van der Waals surface area (Å²) in [5, 5.41) is 3.85. The molecule has 0 spiro atoms. The van der Waals surface area contributed by atoms with E-state index in [1.54, 1.807) is 23.7 Å². The van der Waals surface area contributed by atoms with Gasteiger partial charge in [-0.2, -0.15) is 11.3 Å². The van der Waals surface area contributed by atoms with Gasteiger partial charge in [0.05, 0.1) is 5.56 Å². The quantitative estimate of drug-likeness (QED) is 0.716. The summed E-state index contributed by atoms with van der Waals surface area (Å²) < 4.78 is 0. The van der Waals surface area contributed by atoms with E-state index < -0.39 is 0 Å². The zero-order valence-corrected chi connectivity index (χ0v) is 12.7. The van der Waals surface area contributed by atoms with E-state index in [2.05, 4.69) is 23.2 Å². The molecule has 0 atom stereocenters. The van der Waals surface area contributed by atoms with Crippen LogP contribution in [0.5, 0.6) is 0 Å². The predicted molar refractivity (Wildman–Crippen MR) is 89.4 cm³/mol. The average Bonchev–Trinajstić information content (AvgIpc) is 3.24. The van der Waals surface area contributed by atoms with Crippen LogP contribution in [0, 0.1) is 0 Å². The number of nitrogens with zero attached hydrogens (tertiary/aromatic N) is 2. The Hall–Kier alpha value is -2.46. The van der Waals surface area contributed by atoms with Crippen LogP contribution in [0.1, 0.15) is 15.9 Å². The van der Waals surface area contributed by atoms with Gasteiger partial charge < -0.3 is 4.90 Å². The van der Waals surface area contributed by atoms with Gasteiger partial charge in [0.2, 0.25) is 0 Å². The Morgan fingerprint density at radius 2 is 1.95 bits per heavy atom. The maximum absolute atomic E-state index is 12.6. The number of benzene rings is 1. The Morgan fingerprint density at radius 1 is 1.09 bits per heavy atom. The van der Waals surface area contributed by atoms with Crippen molar-refractivity contribution < 1.29 is 4.79 Å². The summed E-state index contributed by atoms with van der Waals surface area (Å²) in [5.41, 5.74) is 5.37. The van der Waals surface area contributed by atoms with Crippen molar-refractivity contribution in [3.63, 3.8) is 0 Å². The van der Waals surface area contributed by atoms with Gasteiger partial charge in [-0.15, -0.1) is 0 Å². The summed E-state index contributed by atoms with van der Waals surface area (Å²) in [7, 11) is 0. The second-order valence-electron chi connectivity index (χ2n) is 5.30. The van der Waals surface area contributed by atoms with E-state index in [1.165, 1.54) is 11.1 Å². The maximum Gasteiger partial charge on any atom is 0.259 e. The largest absolute Gasteiger partial charge is 0.308 e. The zero-order chi connectivity index (χ0) is 14.9. The first-order valence-corrected chi connectivity index (χ1v) is 8.14. The van der Waals surface area contributed by atoms with Crippen LogP contribution in [0.4, 0.5) is 5.69 Å². The summed E-state index contributed by atoms with van der Waals surface area (Å²) in [6, 6.07) is 12.2. The van der Waals surface area contributed by atoms with E-state index in [-0.39, 0.29) is 5.91 Å². The molecule has 108 valence electrons. The minimum Gasteiger partial charge on any atom is -0.308 e. The molecule has 1 aromatic carbocycles. The van der Waals surface area contributed by atoms with Gasteiger partial charge in [0.25, 0.3) is 5.91 Å². The van der Waals surface area contributed by atoms with Gasteiger partial charge in [-0.05, 0) is 58.8 Å². The third-order valence-corrected chi connectivity index (χ3v) is 4.69. The van der Waals surface area contributed by atoms with Crippen molar-refractivity contribution in [3.05, 3.63) is 70.7 Å². The third-order valence-electron chi connectivity index (χ3n) is 4.00. The first-order chi connectivity index (χ1) is 10.8. The van der Waals surface area contributed by atoms with Gasteiger partial charge in [-0.1, -0.05) is 6.07 Å². The molecule has 0 saturated carbocycles. The minimum absolute atomic E-state index is 0.0941. The van der Waals surface area contributed by atoms with Crippen LogP contribution in [-0.4, -0.2) is 17.4 Å². The number of pyridine rings is 1. The molecule has 0 bridgehead atoms. The summed E-state index contributed by atoms with van der Waals surface area (Å²) in [4.78, 5) is 18.5. The topological polar surface area (TPSA) is 33.2 Å². The van der Waals surface area contributed by atoms with Crippen LogP contribution in [0.15, 0.2) is 59.6 Å². The lowest BCUT2D eigenvalue weighted by Gasteiger charge is -2.17. The number of anilines is 1. The van der Waals surface area contributed by atoms with Crippen LogP contribution in [0.2, 0.25) is 0 Å². The lowest BCUT2D eigenvalue weighted by molar-refractivity contribution is 0.0990. The standard InChI is InChI=1S/C18H14N2OS/c21-18(16-6-10-22-12-16)20-9-5-15-11-14(1-2-17(15)20)13-3-7-19-8-4-13/h1-4,6-8,10-12H,5,9H2. The summed E-state index contributed by atoms with van der Waals surface area (Å²) in [5.74, 6) is 0.0941. The molecular weight excluding hydrogens is 292 g/mol. The van der Waals surface area contributed by atoms with Crippen molar-refractivity contribution in [3.8, 4) is 11.1 Å². The molecule has 0 unspecified atom stereocenters. The highest BCUT2D eigenvalue weighted by Gasteiger charge is 2.25. The molecular formula is C18H14N2OS. The lowest BCUT2D eigenvalue weighted by atomic mass is 10.0. The molecule has 3 aromatic rings. The van der Waals surface area contributed by atoms with E-state index >= 15 is 0 Å². The predicted octanol–water partition coefficient (Wildman–Crippen LogP) is 4.01. The van der Waals surface area contributed by atoms with Crippen molar-refractivity contribution in [2.24, 2.45) is 0 Å². The highest BCUT2D eigenvalue weighted by Crippen LogP contribution is 2.33. The van der Waals surface area contributed by atoms with E-state index in [0.717, 1.165) is 29.8 Å². The fourth-order valence-electron chi connectivity index (χ4n) is 2.88. The maximum atomic E-state index is 12.6. The second-order valence-corrected chi connectivity index (χ2v) is 6.08. The number of hydrogen-bond acceptors (Lipinski definition) is 3. The van der Waals surface area contributed by atoms with Crippen LogP contribution >= 0.6 is 11.3 Å². The lowest BCUT2D eigenvalue weighted by Crippen LogP contribution is -2.28. The van der Waals surface area contributed by atoms with Crippen LogP contribution in [0.25, 0.3) is 11.1 Å². The van der Waals surface area contributed by atoms with E-state index in [4.69, 9.17) is 0 Å². The molecule has 1 amide bonds. The Morgan fingerprint density at radius 3 is 2.73 bits per heavy atom. The number of aromatic nitrogens is 1. The molecule has 2 aromatic heterocycles.